The van der Waals surface area contributed by atoms with Crippen molar-refractivity contribution < 1.29 is 27.4 Å². The van der Waals surface area contributed by atoms with Gasteiger partial charge in [-0.1, -0.05) is 0 Å². The normalized spacial score (nSPS) is 21.6. The Morgan fingerprint density at radius 1 is 1.41 bits per heavy atom. The van der Waals surface area contributed by atoms with Crippen molar-refractivity contribution in [3.63, 3.8) is 0 Å². The van der Waals surface area contributed by atoms with Gasteiger partial charge in [-0.25, -0.2) is 17.5 Å². The molecule has 1 aromatic carbocycles. The van der Waals surface area contributed by atoms with Gasteiger partial charge in [-0.15, -0.1) is 0 Å². The molecule has 29 heavy (non-hydrogen) atoms. The molecule has 4 rings (SSSR count). The number of rotatable bonds is 4. The summed E-state index contributed by atoms with van der Waals surface area (Å²) in [6.45, 7) is 1.48. The average molecular weight is 423 g/mol. The largest absolute Gasteiger partial charge is 0.488 e. The summed E-state index contributed by atoms with van der Waals surface area (Å²) < 4.78 is 48.6. The van der Waals surface area contributed by atoms with Gasteiger partial charge in [0.05, 0.1) is 12.1 Å². The summed E-state index contributed by atoms with van der Waals surface area (Å²) in [7, 11) is -2.45. The van der Waals surface area contributed by atoms with Gasteiger partial charge in [-0.3, -0.25) is 4.79 Å². The highest BCUT2D eigenvalue weighted by Gasteiger charge is 2.41. The number of fused-ring (bicyclic) bond motifs is 1. The summed E-state index contributed by atoms with van der Waals surface area (Å²) in [5.41, 5.74) is 0.767. The van der Waals surface area contributed by atoms with Crippen LogP contribution < -0.4 is 14.8 Å². The van der Waals surface area contributed by atoms with E-state index in [2.05, 4.69) is 10.0 Å². The third-order valence-corrected chi connectivity index (χ3v) is 6.74. The average Bonchev–Trinajstić information content (AvgIpc) is 3.45. The molecule has 0 saturated heterocycles. The summed E-state index contributed by atoms with van der Waals surface area (Å²) in [6.07, 6.45) is 2.15. The van der Waals surface area contributed by atoms with Crippen LogP contribution >= 0.6 is 0 Å². The summed E-state index contributed by atoms with van der Waals surface area (Å²) in [5, 5.41) is 13.0. The van der Waals surface area contributed by atoms with Crippen molar-refractivity contribution in [1.82, 2.24) is 9.29 Å². The highest BCUT2D eigenvalue weighted by atomic mass is 32.2. The monoisotopic (exact) mass is 423 g/mol. The van der Waals surface area contributed by atoms with Crippen molar-refractivity contribution in [2.24, 2.45) is 13.0 Å². The number of nitrogens with zero attached hydrogens (tertiary/aromatic N) is 1. The maximum absolute atomic E-state index is 13.5. The summed E-state index contributed by atoms with van der Waals surface area (Å²) >= 11 is 0. The lowest BCUT2D eigenvalue weighted by Gasteiger charge is -2.21. The number of nitrogens with one attached hydrogen (secondary N) is 2. The molecule has 2 aromatic rings. The zero-order valence-electron chi connectivity index (χ0n) is 16.0. The lowest BCUT2D eigenvalue weighted by atomic mass is 10.1. The Morgan fingerprint density at radius 2 is 2.14 bits per heavy atom. The lowest BCUT2D eigenvalue weighted by molar-refractivity contribution is 0.0898. The SMILES string of the molecule is Cc1cc(NC(=O)c2c3c(cn2C)S(=O)(=O)N[C@@H](C(O)C2CC2)CO3)ccc1F. The fraction of sp³-hybridized carbons (Fsp3) is 0.421. The van der Waals surface area contributed by atoms with Gasteiger partial charge in [-0.2, -0.15) is 0 Å². The molecule has 0 spiro atoms. The Morgan fingerprint density at radius 3 is 2.79 bits per heavy atom. The molecule has 3 N–H and O–H groups in total. The van der Waals surface area contributed by atoms with E-state index in [0.717, 1.165) is 12.8 Å². The molecule has 1 saturated carbocycles. The van der Waals surface area contributed by atoms with Gasteiger partial charge in [-0.05, 0) is 49.4 Å². The Kier molecular flexibility index (Phi) is 4.88. The fourth-order valence-corrected chi connectivity index (χ4v) is 4.92. The van der Waals surface area contributed by atoms with Gasteiger partial charge in [0.15, 0.2) is 11.4 Å². The van der Waals surface area contributed by atoms with Crippen LogP contribution in [0.2, 0.25) is 0 Å². The van der Waals surface area contributed by atoms with Crippen molar-refractivity contribution in [1.29, 1.82) is 0 Å². The maximum Gasteiger partial charge on any atom is 0.276 e. The summed E-state index contributed by atoms with van der Waals surface area (Å²) in [5.74, 6) is -0.992. The number of anilines is 1. The van der Waals surface area contributed by atoms with Crippen molar-refractivity contribution in [2.75, 3.05) is 11.9 Å². The number of hydrogen-bond donors (Lipinski definition) is 3. The zero-order chi connectivity index (χ0) is 20.9. The first-order valence-corrected chi connectivity index (χ1v) is 10.8. The van der Waals surface area contributed by atoms with E-state index in [4.69, 9.17) is 4.74 Å². The summed E-state index contributed by atoms with van der Waals surface area (Å²) in [4.78, 5) is 12.7. The first kappa shape index (κ1) is 19.9. The van der Waals surface area contributed by atoms with Crippen LogP contribution in [-0.2, 0) is 17.1 Å². The Balaban J connectivity index is 1.64. The standard InChI is InChI=1S/C19H22FN3O5S/c1-10-7-12(5-6-13(10)20)21-19(25)16-18-15(8-23(16)2)29(26,27)22-14(9-28-18)17(24)11-3-4-11/h5-8,11,14,17,22,24H,3-4,9H2,1-2H3,(H,21,25)/t14-,17?/m1/s1. The number of halogens is 1. The number of amides is 1. The maximum atomic E-state index is 13.5. The predicted molar refractivity (Wildman–Crippen MR) is 103 cm³/mol. The number of benzene rings is 1. The van der Waals surface area contributed by atoms with Crippen LogP contribution in [0.25, 0.3) is 0 Å². The van der Waals surface area contributed by atoms with Gasteiger partial charge in [0.25, 0.3) is 5.91 Å². The zero-order valence-corrected chi connectivity index (χ0v) is 16.8. The van der Waals surface area contributed by atoms with Crippen molar-refractivity contribution >= 4 is 21.6 Å². The molecule has 8 nitrogen and oxygen atoms in total. The highest BCUT2D eigenvalue weighted by molar-refractivity contribution is 7.89. The molecule has 2 atom stereocenters. The molecule has 1 aliphatic carbocycles. The van der Waals surface area contributed by atoms with Gasteiger partial charge in [0.1, 0.15) is 17.3 Å². The van der Waals surface area contributed by atoms with Crippen molar-refractivity contribution in [3.8, 4) is 5.75 Å². The molecule has 1 fully saturated rings. The molecule has 2 aliphatic rings. The molecule has 2 heterocycles. The van der Waals surface area contributed by atoms with Gasteiger partial charge < -0.3 is 19.7 Å². The number of carbonyl (C=O) groups excluding carboxylic acids is 1. The van der Waals surface area contributed by atoms with E-state index in [1.54, 1.807) is 6.92 Å². The van der Waals surface area contributed by atoms with Crippen molar-refractivity contribution in [2.45, 2.75) is 36.8 Å². The van der Waals surface area contributed by atoms with Crippen LogP contribution in [0, 0.1) is 18.7 Å². The van der Waals surface area contributed by atoms with Crippen LogP contribution in [-0.4, -0.2) is 42.8 Å². The van der Waals surface area contributed by atoms with E-state index < -0.39 is 33.9 Å². The van der Waals surface area contributed by atoms with Gasteiger partial charge in [0.2, 0.25) is 10.0 Å². The predicted octanol–water partition coefficient (Wildman–Crippen LogP) is 1.54. The van der Waals surface area contributed by atoms with E-state index in [1.807, 2.05) is 0 Å². The molecule has 10 heteroatoms. The molecule has 1 amide bonds. The second-order valence-electron chi connectivity index (χ2n) is 7.57. The second-order valence-corrected chi connectivity index (χ2v) is 9.25. The molecule has 156 valence electrons. The number of carbonyl (C=O) groups is 1. The van der Waals surface area contributed by atoms with Crippen LogP contribution in [0.4, 0.5) is 10.1 Å². The molecule has 1 unspecified atom stereocenters. The third-order valence-electron chi connectivity index (χ3n) is 5.25. The lowest BCUT2D eigenvalue weighted by Crippen LogP contribution is -2.46. The number of aliphatic hydroxyl groups is 1. The first-order valence-electron chi connectivity index (χ1n) is 9.27. The van der Waals surface area contributed by atoms with E-state index in [0.29, 0.717) is 11.3 Å². The van der Waals surface area contributed by atoms with Gasteiger partial charge >= 0.3 is 0 Å². The van der Waals surface area contributed by atoms with E-state index in [1.165, 1.54) is 36.0 Å². The second kappa shape index (κ2) is 7.12. The molecule has 1 aromatic heterocycles. The molecular formula is C19H22FN3O5S. The quantitative estimate of drug-likeness (QED) is 0.691. The number of aliphatic hydroxyl groups excluding tert-OH is 1. The molecule has 0 radical (unpaired) electrons. The number of aryl methyl sites for hydroxylation is 2. The smallest absolute Gasteiger partial charge is 0.276 e. The number of hydrogen-bond acceptors (Lipinski definition) is 5. The van der Waals surface area contributed by atoms with Crippen LogP contribution in [0.3, 0.4) is 0 Å². The first-order chi connectivity index (χ1) is 13.7. The van der Waals surface area contributed by atoms with Crippen molar-refractivity contribution in [3.05, 3.63) is 41.5 Å². The molecular weight excluding hydrogens is 401 g/mol. The minimum Gasteiger partial charge on any atom is -0.488 e. The minimum absolute atomic E-state index is 0.0221. The van der Waals surface area contributed by atoms with Crippen LogP contribution in [0.5, 0.6) is 5.75 Å². The Labute approximate surface area is 167 Å². The Hall–Kier alpha value is -2.43. The van der Waals surface area contributed by atoms with Crippen LogP contribution in [0.15, 0.2) is 29.3 Å². The van der Waals surface area contributed by atoms with E-state index in [9.17, 15) is 22.7 Å². The topological polar surface area (TPSA) is 110 Å². The third kappa shape index (κ3) is 3.75. The highest BCUT2D eigenvalue weighted by Crippen LogP contribution is 2.37. The van der Waals surface area contributed by atoms with Gasteiger partial charge in [0, 0.05) is 18.9 Å². The fourth-order valence-electron chi connectivity index (χ4n) is 3.49. The molecule has 1 aliphatic heterocycles. The minimum atomic E-state index is -3.98. The molecule has 0 bridgehead atoms. The van der Waals surface area contributed by atoms with E-state index in [-0.39, 0.29) is 28.9 Å². The summed E-state index contributed by atoms with van der Waals surface area (Å²) in [6, 6.07) is 3.35. The number of ether oxygens (including phenoxy) is 1. The number of aromatic nitrogens is 1. The van der Waals surface area contributed by atoms with E-state index >= 15 is 0 Å². The van der Waals surface area contributed by atoms with Crippen LogP contribution in [0.1, 0.15) is 28.9 Å². The Bertz CT molecular complexity index is 1080. The number of sulfonamides is 1.